The molecular formula is C54H35N. The molecule has 1 atom stereocenters. The van der Waals surface area contributed by atoms with Crippen LogP contribution in [0.5, 0.6) is 0 Å². The molecule has 0 saturated carbocycles. The van der Waals surface area contributed by atoms with Crippen LogP contribution in [0.15, 0.2) is 194 Å². The molecule has 1 heteroatoms. The minimum absolute atomic E-state index is 0.215. The summed E-state index contributed by atoms with van der Waals surface area (Å²) in [4.78, 5) is 0. The van der Waals surface area contributed by atoms with Crippen molar-refractivity contribution in [2.24, 2.45) is 0 Å². The second-order valence-corrected chi connectivity index (χ2v) is 15.2. The van der Waals surface area contributed by atoms with Crippen molar-refractivity contribution in [3.63, 3.8) is 0 Å². The van der Waals surface area contributed by atoms with E-state index in [1.54, 1.807) is 0 Å². The fourth-order valence-electron chi connectivity index (χ4n) is 9.92. The molecular weight excluding hydrogens is 663 g/mol. The van der Waals surface area contributed by atoms with Crippen molar-refractivity contribution in [2.75, 3.05) is 0 Å². The van der Waals surface area contributed by atoms with Gasteiger partial charge in [0.1, 0.15) is 0 Å². The highest BCUT2D eigenvalue weighted by Crippen LogP contribution is 2.50. The van der Waals surface area contributed by atoms with Gasteiger partial charge in [0.15, 0.2) is 0 Å². The highest BCUT2D eigenvalue weighted by molar-refractivity contribution is 6.12. The minimum atomic E-state index is 0.215. The van der Waals surface area contributed by atoms with Crippen molar-refractivity contribution in [1.29, 1.82) is 0 Å². The van der Waals surface area contributed by atoms with Crippen LogP contribution in [0.1, 0.15) is 33.7 Å². The smallest absolute Gasteiger partial charge is 0.0547 e. The van der Waals surface area contributed by atoms with Crippen molar-refractivity contribution < 1.29 is 0 Å². The molecule has 0 N–H and O–H groups in total. The van der Waals surface area contributed by atoms with Gasteiger partial charge in [-0.1, -0.05) is 170 Å². The van der Waals surface area contributed by atoms with Gasteiger partial charge in [-0.25, -0.2) is 0 Å². The Bertz CT molecular complexity index is 3180. The Morgan fingerprint density at radius 2 is 0.982 bits per heavy atom. The highest BCUT2D eigenvalue weighted by atomic mass is 15.0. The predicted octanol–water partition coefficient (Wildman–Crippen LogP) is 14.0. The summed E-state index contributed by atoms with van der Waals surface area (Å²) in [7, 11) is 0. The molecule has 256 valence electrons. The molecule has 0 amide bonds. The van der Waals surface area contributed by atoms with Crippen LogP contribution in [-0.4, -0.2) is 4.57 Å². The molecule has 2 aliphatic carbocycles. The molecule has 0 aliphatic heterocycles. The quantitative estimate of drug-likeness (QED) is 0.173. The number of para-hydroxylation sites is 1. The van der Waals surface area contributed by atoms with Crippen LogP contribution in [0.2, 0.25) is 0 Å². The Morgan fingerprint density at radius 3 is 1.87 bits per heavy atom. The van der Waals surface area contributed by atoms with Crippen molar-refractivity contribution in [2.45, 2.75) is 12.3 Å². The maximum atomic E-state index is 2.50. The summed E-state index contributed by atoms with van der Waals surface area (Å²) in [6, 6.07) is 72.4. The van der Waals surface area contributed by atoms with Crippen LogP contribution in [0, 0.1) is 0 Å². The number of hydrogen-bond acceptors (Lipinski definition) is 0. The fraction of sp³-hybridized carbons (Fsp3) is 0.0370. The molecule has 2 aliphatic rings. The van der Waals surface area contributed by atoms with Crippen LogP contribution < -0.4 is 0 Å². The van der Waals surface area contributed by atoms with E-state index in [1.165, 1.54) is 111 Å². The minimum Gasteiger partial charge on any atom is -0.309 e. The summed E-state index contributed by atoms with van der Waals surface area (Å²) in [5.41, 5.74) is 21.1. The van der Waals surface area contributed by atoms with Crippen LogP contribution in [0.3, 0.4) is 0 Å². The van der Waals surface area contributed by atoms with Crippen LogP contribution >= 0.6 is 0 Å². The number of hydrogen-bond donors (Lipinski definition) is 0. The van der Waals surface area contributed by atoms with Crippen molar-refractivity contribution in [3.8, 4) is 50.2 Å². The second-order valence-electron chi connectivity index (χ2n) is 15.2. The van der Waals surface area contributed by atoms with E-state index in [0.717, 1.165) is 6.42 Å². The summed E-state index contributed by atoms with van der Waals surface area (Å²) in [5.74, 6) is 0.215. The Hall–Kier alpha value is -6.96. The summed E-state index contributed by atoms with van der Waals surface area (Å²) in [5, 5.41) is 5.06. The van der Waals surface area contributed by atoms with Gasteiger partial charge in [-0.2, -0.15) is 0 Å². The van der Waals surface area contributed by atoms with Crippen LogP contribution in [-0.2, 0) is 6.42 Å². The SMILES string of the molecule is c1ccc(C2c3ccccc3-c3ccc(-c4ccc5c6ccccc6n(-c6ccc(-c7cccc8c7Cc7ccccc7-8)c7ccccc67)c5c4)cc32)cc1. The van der Waals surface area contributed by atoms with E-state index in [-0.39, 0.29) is 5.92 Å². The van der Waals surface area contributed by atoms with E-state index < -0.39 is 0 Å². The Balaban J connectivity index is 1.04. The zero-order valence-electron chi connectivity index (χ0n) is 30.2. The number of nitrogens with zero attached hydrogens (tertiary/aromatic N) is 1. The molecule has 9 aromatic carbocycles. The van der Waals surface area contributed by atoms with Gasteiger partial charge in [-0.15, -0.1) is 0 Å². The third kappa shape index (κ3) is 4.47. The molecule has 1 nitrogen and oxygen atoms in total. The summed E-state index contributed by atoms with van der Waals surface area (Å²) in [6.45, 7) is 0. The Labute approximate surface area is 320 Å². The fourth-order valence-corrected chi connectivity index (χ4v) is 9.92. The molecule has 12 rings (SSSR count). The van der Waals surface area contributed by atoms with E-state index in [9.17, 15) is 0 Å². The number of aromatic nitrogens is 1. The molecule has 0 radical (unpaired) electrons. The third-order valence-electron chi connectivity index (χ3n) is 12.3. The number of benzene rings is 9. The van der Waals surface area contributed by atoms with E-state index in [2.05, 4.69) is 199 Å². The van der Waals surface area contributed by atoms with E-state index >= 15 is 0 Å². The Kier molecular flexibility index (Phi) is 6.53. The topological polar surface area (TPSA) is 4.93 Å². The summed E-state index contributed by atoms with van der Waals surface area (Å²) < 4.78 is 2.50. The molecule has 0 spiro atoms. The lowest BCUT2D eigenvalue weighted by atomic mass is 9.88. The van der Waals surface area contributed by atoms with Gasteiger partial charge in [0.2, 0.25) is 0 Å². The van der Waals surface area contributed by atoms with E-state index in [0.29, 0.717) is 0 Å². The zero-order chi connectivity index (χ0) is 36.0. The first kappa shape index (κ1) is 30.5. The van der Waals surface area contributed by atoms with Gasteiger partial charge in [0.05, 0.1) is 16.7 Å². The molecule has 0 fully saturated rings. The molecule has 10 aromatic rings. The lowest BCUT2D eigenvalue weighted by molar-refractivity contribution is 1.02. The monoisotopic (exact) mass is 697 g/mol. The second kappa shape index (κ2) is 11.8. The maximum Gasteiger partial charge on any atom is 0.0547 e. The lowest BCUT2D eigenvalue weighted by Gasteiger charge is -2.17. The normalized spacial score (nSPS) is 13.9. The molecule has 0 bridgehead atoms. The predicted molar refractivity (Wildman–Crippen MR) is 230 cm³/mol. The summed E-state index contributed by atoms with van der Waals surface area (Å²) in [6.07, 6.45) is 0.967. The number of rotatable bonds is 4. The molecule has 1 heterocycles. The first-order valence-corrected chi connectivity index (χ1v) is 19.3. The molecule has 0 saturated heterocycles. The molecule has 1 aromatic heterocycles. The maximum absolute atomic E-state index is 2.50. The average Bonchev–Trinajstić information content (AvgIpc) is 3.91. The first-order chi connectivity index (χ1) is 27.3. The molecule has 55 heavy (non-hydrogen) atoms. The molecule has 1 unspecified atom stereocenters. The van der Waals surface area contributed by atoms with Gasteiger partial charge in [-0.3, -0.25) is 0 Å². The zero-order valence-corrected chi connectivity index (χ0v) is 30.2. The van der Waals surface area contributed by atoms with E-state index in [1.807, 2.05) is 0 Å². The first-order valence-electron chi connectivity index (χ1n) is 19.3. The van der Waals surface area contributed by atoms with Crippen molar-refractivity contribution in [3.05, 3.63) is 222 Å². The van der Waals surface area contributed by atoms with Gasteiger partial charge >= 0.3 is 0 Å². The van der Waals surface area contributed by atoms with E-state index in [4.69, 9.17) is 0 Å². The van der Waals surface area contributed by atoms with Gasteiger partial charge in [-0.05, 0) is 108 Å². The lowest BCUT2D eigenvalue weighted by Crippen LogP contribution is -1.99. The van der Waals surface area contributed by atoms with Crippen LogP contribution in [0.4, 0.5) is 0 Å². The van der Waals surface area contributed by atoms with Gasteiger partial charge in [0, 0.05) is 22.1 Å². The average molecular weight is 698 g/mol. The standard InChI is InChI=1S/C54H35N/c1-2-13-34(14-3-1)54-48-21-9-7-18-41(48)44-27-25-35(31-50(44)54)36-26-28-47-46-20-10-11-24-51(46)55(53(47)33-36)52-30-29-43(40-17-6-8-19-45(40)52)42-23-12-22-39-38-16-5-4-15-37(38)32-49(39)42/h1-31,33,54H,32H2. The summed E-state index contributed by atoms with van der Waals surface area (Å²) >= 11 is 0. The number of fused-ring (bicyclic) bond motifs is 10. The van der Waals surface area contributed by atoms with Crippen molar-refractivity contribution >= 4 is 32.6 Å². The van der Waals surface area contributed by atoms with Gasteiger partial charge < -0.3 is 4.57 Å². The van der Waals surface area contributed by atoms with Crippen molar-refractivity contribution in [1.82, 2.24) is 4.57 Å². The largest absolute Gasteiger partial charge is 0.309 e. The highest BCUT2D eigenvalue weighted by Gasteiger charge is 2.30. The third-order valence-corrected chi connectivity index (χ3v) is 12.3. The van der Waals surface area contributed by atoms with Gasteiger partial charge in [0.25, 0.3) is 0 Å². The Morgan fingerprint density at radius 1 is 0.364 bits per heavy atom. The van der Waals surface area contributed by atoms with Crippen LogP contribution in [0.25, 0.3) is 82.8 Å².